The van der Waals surface area contributed by atoms with Crippen LogP contribution in [0.15, 0.2) is 147 Å². The maximum atomic E-state index is 13.3. The lowest BCUT2D eigenvalue weighted by Gasteiger charge is -2.35. The summed E-state index contributed by atoms with van der Waals surface area (Å²) in [5, 5.41) is 18.4. The Morgan fingerprint density at radius 2 is 1.14 bits per heavy atom. The van der Waals surface area contributed by atoms with E-state index in [1.165, 1.54) is 12.3 Å². The Bertz CT molecular complexity index is 3820. The van der Waals surface area contributed by atoms with Gasteiger partial charge < -0.3 is 50.1 Å². The van der Waals surface area contributed by atoms with Crippen LogP contribution in [0, 0.1) is 0 Å². The molecule has 4 aromatic carbocycles. The molecule has 10 aromatic rings. The molecule has 19 heteroatoms. The molecular formula is C58H56N14O5. The molecule has 19 nitrogen and oxygen atoms in total. The summed E-state index contributed by atoms with van der Waals surface area (Å²) in [4.78, 5) is 66.9. The fourth-order valence-electron chi connectivity index (χ4n) is 9.90. The van der Waals surface area contributed by atoms with Gasteiger partial charge in [-0.3, -0.25) is 44.3 Å². The first-order chi connectivity index (χ1) is 37.6. The van der Waals surface area contributed by atoms with Gasteiger partial charge in [0.05, 0.1) is 89.4 Å². The molecule has 5 N–H and O–H groups in total. The molecule has 77 heavy (non-hydrogen) atoms. The van der Waals surface area contributed by atoms with Crippen LogP contribution in [-0.2, 0) is 28.4 Å². The highest BCUT2D eigenvalue weighted by Gasteiger charge is 2.26. The number of carbonyl (C=O) groups excluding carboxylic acids is 3. The molecule has 2 aliphatic rings. The van der Waals surface area contributed by atoms with Crippen molar-refractivity contribution >= 4 is 84.3 Å². The largest absolute Gasteiger partial charge is 0.378 e. The first kappa shape index (κ1) is 50.0. The van der Waals surface area contributed by atoms with E-state index in [4.69, 9.17) is 9.47 Å². The van der Waals surface area contributed by atoms with Crippen molar-refractivity contribution in [2.75, 3.05) is 63.2 Å². The molecule has 0 saturated carbocycles. The third-order valence-electron chi connectivity index (χ3n) is 13.9. The third kappa shape index (κ3) is 11.0. The zero-order chi connectivity index (χ0) is 52.8. The van der Waals surface area contributed by atoms with Gasteiger partial charge in [-0.25, -0.2) is 0 Å². The van der Waals surface area contributed by atoms with Crippen molar-refractivity contribution in [2.45, 2.75) is 19.0 Å². The highest BCUT2D eigenvalue weighted by molar-refractivity contribution is 6.03. The molecule has 2 atom stereocenters. The van der Waals surface area contributed by atoms with Gasteiger partial charge in [0, 0.05) is 136 Å². The lowest BCUT2D eigenvalue weighted by molar-refractivity contribution is -0.137. The number of nitrogens with zero attached hydrogens (tertiary/aromatic N) is 9. The third-order valence-corrected chi connectivity index (χ3v) is 13.9. The molecule has 8 heterocycles. The van der Waals surface area contributed by atoms with Crippen LogP contribution >= 0.6 is 0 Å². The van der Waals surface area contributed by atoms with E-state index in [-0.39, 0.29) is 36.3 Å². The minimum Gasteiger partial charge on any atom is -0.378 e. The zero-order valence-corrected chi connectivity index (χ0v) is 42.7. The molecule has 2 unspecified atom stereocenters. The number of nitrogens with one attached hydrogen (secondary N) is 5. The molecule has 6 aromatic heterocycles. The van der Waals surface area contributed by atoms with Crippen LogP contribution in [-0.4, -0.2) is 126 Å². The van der Waals surface area contributed by atoms with Crippen molar-refractivity contribution < 1.29 is 23.9 Å². The van der Waals surface area contributed by atoms with Crippen LogP contribution < -0.4 is 26.6 Å². The monoisotopic (exact) mass is 1030 g/mol. The summed E-state index contributed by atoms with van der Waals surface area (Å²) >= 11 is 0. The maximum Gasteiger partial charge on any atom is 0.253 e. The van der Waals surface area contributed by atoms with Crippen molar-refractivity contribution in [3.05, 3.63) is 158 Å². The van der Waals surface area contributed by atoms with Gasteiger partial charge in [-0.15, -0.1) is 0 Å². The lowest BCUT2D eigenvalue weighted by Crippen LogP contribution is -2.52. The molecule has 2 saturated heterocycles. The quantitative estimate of drug-likeness (QED) is 0.0798. The van der Waals surface area contributed by atoms with Crippen LogP contribution in [0.3, 0.4) is 0 Å². The lowest BCUT2D eigenvalue weighted by atomic mass is 10.0. The van der Waals surface area contributed by atoms with Crippen molar-refractivity contribution in [3.8, 4) is 22.3 Å². The fraction of sp³-hybridized carbons (Fsp3) is 0.224. The minimum absolute atomic E-state index is 0.0321. The van der Waals surface area contributed by atoms with Crippen molar-refractivity contribution in [1.82, 2.24) is 59.9 Å². The number of anilines is 4. The molecule has 0 aliphatic carbocycles. The van der Waals surface area contributed by atoms with E-state index in [2.05, 4.69) is 120 Å². The first-order valence-electron chi connectivity index (χ1n) is 25.4. The van der Waals surface area contributed by atoms with E-state index in [0.717, 1.165) is 78.7 Å². The van der Waals surface area contributed by atoms with E-state index < -0.39 is 0 Å². The number of pyridine rings is 2. The van der Waals surface area contributed by atoms with Crippen molar-refractivity contribution in [1.29, 1.82) is 0 Å². The molecule has 388 valence electrons. The maximum absolute atomic E-state index is 13.3. The number of fused-ring (bicyclic) bond motifs is 4. The Morgan fingerprint density at radius 3 is 1.68 bits per heavy atom. The molecule has 2 aliphatic heterocycles. The minimum atomic E-state index is -0.270. The smallest absolute Gasteiger partial charge is 0.253 e. The van der Waals surface area contributed by atoms with Gasteiger partial charge in [-0.05, 0) is 82.6 Å². The van der Waals surface area contributed by atoms with Gasteiger partial charge in [0.15, 0.2) is 0 Å². The second kappa shape index (κ2) is 22.4. The van der Waals surface area contributed by atoms with Crippen LogP contribution in [0.5, 0.6) is 0 Å². The average Bonchev–Trinajstić information content (AvgIpc) is 4.04. The molecular weight excluding hydrogens is 973 g/mol. The number of morpholine rings is 2. The normalized spacial score (nSPS) is 15.5. The van der Waals surface area contributed by atoms with E-state index in [1.807, 2.05) is 44.6 Å². The van der Waals surface area contributed by atoms with Gasteiger partial charge in [0.2, 0.25) is 5.91 Å². The van der Waals surface area contributed by atoms with Crippen molar-refractivity contribution in [3.63, 3.8) is 0 Å². The van der Waals surface area contributed by atoms with Gasteiger partial charge in [0.1, 0.15) is 0 Å². The summed E-state index contributed by atoms with van der Waals surface area (Å²) in [5.41, 5.74) is 12.9. The zero-order valence-electron chi connectivity index (χ0n) is 42.7. The molecule has 2 fully saturated rings. The molecule has 3 amide bonds. The SMILES string of the molecule is CC(=O)N1CCOCC1CNC(=O)c1ccncc1Nc1cc(-c2ccc3ccn(C)c3c2)c2nccnc2c1.Cn1ccc2ccc(-c3cc(Nc4cnccc4C(=O)NCC4COCCN4)cc4nccnc34)cc21. The fourth-order valence-corrected chi connectivity index (χ4v) is 9.90. The molecule has 12 rings (SSSR count). The summed E-state index contributed by atoms with van der Waals surface area (Å²) in [6.07, 6.45) is 17.3. The second-order valence-corrected chi connectivity index (χ2v) is 19.0. The van der Waals surface area contributed by atoms with E-state index >= 15 is 0 Å². The van der Waals surface area contributed by atoms with Gasteiger partial charge >= 0.3 is 0 Å². The summed E-state index contributed by atoms with van der Waals surface area (Å²) in [5.74, 6) is -0.475. The van der Waals surface area contributed by atoms with Crippen LogP contribution in [0.1, 0.15) is 27.6 Å². The number of hydrogen-bond donors (Lipinski definition) is 5. The van der Waals surface area contributed by atoms with Gasteiger partial charge in [-0.1, -0.05) is 24.3 Å². The van der Waals surface area contributed by atoms with Crippen LogP contribution in [0.2, 0.25) is 0 Å². The van der Waals surface area contributed by atoms with E-state index in [0.29, 0.717) is 62.0 Å². The Hall–Kier alpha value is -9.17. The van der Waals surface area contributed by atoms with Gasteiger partial charge in [0.25, 0.3) is 11.8 Å². The van der Waals surface area contributed by atoms with E-state index in [9.17, 15) is 14.4 Å². The number of benzene rings is 4. The number of carbonyl (C=O) groups is 3. The number of rotatable bonds is 12. The topological polar surface area (TPSA) is 220 Å². The number of amides is 3. The Morgan fingerprint density at radius 1 is 0.610 bits per heavy atom. The Kier molecular flexibility index (Phi) is 14.5. The number of hydrogen-bond acceptors (Lipinski definition) is 14. The highest BCUT2D eigenvalue weighted by Crippen LogP contribution is 2.36. The second-order valence-electron chi connectivity index (χ2n) is 19.0. The average molecular weight is 1030 g/mol. The molecule has 0 spiro atoms. The Balaban J connectivity index is 0.000000164. The number of aryl methyl sites for hydroxylation is 2. The molecule has 0 radical (unpaired) electrons. The number of aromatic nitrogens is 8. The van der Waals surface area contributed by atoms with Crippen LogP contribution in [0.4, 0.5) is 22.7 Å². The highest BCUT2D eigenvalue weighted by atomic mass is 16.5. The predicted molar refractivity (Wildman–Crippen MR) is 297 cm³/mol. The predicted octanol–water partition coefficient (Wildman–Crippen LogP) is 7.55. The first-order valence-corrected chi connectivity index (χ1v) is 25.4. The Labute approximate surface area is 443 Å². The summed E-state index contributed by atoms with van der Waals surface area (Å²) in [6.45, 7) is 5.77. The summed E-state index contributed by atoms with van der Waals surface area (Å²) in [7, 11) is 4.06. The molecule has 0 bridgehead atoms. The summed E-state index contributed by atoms with van der Waals surface area (Å²) in [6, 6.07) is 28.1. The standard InChI is InChI=1S/C30H29N7O3.C28H27N7O2/c1-19(38)37-11-12-40-18-23(37)16-34-30(39)24-5-7-31-17-27(24)35-22-14-25(29-26(15-22)32-8-9-33-29)21-4-3-20-6-10-36(2)28(20)13-21;1-35-10-5-18-2-3-19(12-26(18)35)23-13-20(14-24-27(23)32-8-7-31-24)34-25-16-29-6-4-22(25)28(36)33-15-21-17-37-11-9-30-21/h3-10,13-15,17,23,35H,11-12,16,18H2,1-2H3,(H,34,39);2-8,10,12-14,16,21,30,34H,9,11,15,17H2,1H3,(H,33,36). The van der Waals surface area contributed by atoms with Crippen molar-refractivity contribution in [2.24, 2.45) is 14.1 Å². The number of ether oxygens (including phenoxy) is 2. The van der Waals surface area contributed by atoms with Crippen LogP contribution in [0.25, 0.3) is 66.1 Å². The van der Waals surface area contributed by atoms with Gasteiger partial charge in [-0.2, -0.15) is 0 Å². The summed E-state index contributed by atoms with van der Waals surface area (Å²) < 4.78 is 15.2. The van der Waals surface area contributed by atoms with E-state index in [1.54, 1.807) is 66.6 Å².